The average molecular weight is 403 g/mol. The maximum atomic E-state index is 9.15. The van der Waals surface area contributed by atoms with E-state index in [0.29, 0.717) is 0 Å². The minimum atomic E-state index is -0.479. The number of ether oxygens (including phenoxy) is 1. The highest BCUT2D eigenvalue weighted by molar-refractivity contribution is 9.11. The molecule has 0 radical (unpaired) electrons. The number of hydrogen-bond donors (Lipinski definition) is 1. The van der Waals surface area contributed by atoms with Gasteiger partial charge in [0.05, 0.1) is 15.0 Å². The van der Waals surface area contributed by atoms with E-state index in [1.54, 1.807) is 6.92 Å². The lowest BCUT2D eigenvalue weighted by atomic mass is 10.2. The molecule has 0 amide bonds. The Hall–Kier alpha value is 0.420. The van der Waals surface area contributed by atoms with Crippen molar-refractivity contribution in [2.24, 2.45) is 0 Å². The van der Waals surface area contributed by atoms with E-state index in [1.165, 1.54) is 0 Å². The van der Waals surface area contributed by atoms with Crippen LogP contribution in [0, 0.1) is 6.92 Å². The standard InChI is InChI=1S/C10H11Br3O2/c1-5(14)4-15-10-8(12)3-7(11)6(2)9(10)13/h3,5,14H,4H2,1-2H3. The van der Waals surface area contributed by atoms with Gasteiger partial charge in [-0.1, -0.05) is 15.9 Å². The van der Waals surface area contributed by atoms with Crippen LogP contribution in [0.2, 0.25) is 0 Å². The van der Waals surface area contributed by atoms with Gasteiger partial charge in [0.25, 0.3) is 0 Å². The second-order valence-corrected chi connectivity index (χ2v) is 5.77. The quantitative estimate of drug-likeness (QED) is 0.826. The molecule has 0 fully saturated rings. The Bertz CT molecular complexity index is 364. The molecule has 0 aromatic heterocycles. The van der Waals surface area contributed by atoms with Crippen LogP contribution >= 0.6 is 47.8 Å². The van der Waals surface area contributed by atoms with Crippen molar-refractivity contribution in [1.82, 2.24) is 0 Å². The van der Waals surface area contributed by atoms with Crippen LogP contribution in [0.25, 0.3) is 0 Å². The highest BCUT2D eigenvalue weighted by Gasteiger charge is 2.13. The maximum absolute atomic E-state index is 9.15. The minimum absolute atomic E-state index is 0.276. The smallest absolute Gasteiger partial charge is 0.148 e. The molecule has 0 aliphatic heterocycles. The van der Waals surface area contributed by atoms with Gasteiger partial charge in [0.1, 0.15) is 12.4 Å². The molecule has 2 nitrogen and oxygen atoms in total. The zero-order chi connectivity index (χ0) is 11.6. The molecular weight excluding hydrogens is 392 g/mol. The van der Waals surface area contributed by atoms with Crippen molar-refractivity contribution in [2.45, 2.75) is 20.0 Å². The number of hydrogen-bond acceptors (Lipinski definition) is 2. The van der Waals surface area contributed by atoms with Crippen molar-refractivity contribution in [3.8, 4) is 5.75 Å². The molecule has 0 saturated heterocycles. The van der Waals surface area contributed by atoms with Gasteiger partial charge in [-0.15, -0.1) is 0 Å². The third kappa shape index (κ3) is 3.44. The molecule has 0 spiro atoms. The first kappa shape index (κ1) is 13.5. The largest absolute Gasteiger partial charge is 0.489 e. The Balaban J connectivity index is 3.02. The van der Waals surface area contributed by atoms with Crippen LogP contribution in [0.15, 0.2) is 19.5 Å². The van der Waals surface area contributed by atoms with Gasteiger partial charge >= 0.3 is 0 Å². The monoisotopic (exact) mass is 400 g/mol. The van der Waals surface area contributed by atoms with Gasteiger partial charge in [-0.25, -0.2) is 0 Å². The number of rotatable bonds is 3. The van der Waals surface area contributed by atoms with Crippen LogP contribution in [0.3, 0.4) is 0 Å². The van der Waals surface area contributed by atoms with Crippen molar-refractivity contribution in [1.29, 1.82) is 0 Å². The summed E-state index contributed by atoms with van der Waals surface area (Å²) in [7, 11) is 0. The predicted molar refractivity (Wildman–Crippen MR) is 71.5 cm³/mol. The van der Waals surface area contributed by atoms with E-state index in [1.807, 2.05) is 13.0 Å². The summed E-state index contributed by atoms with van der Waals surface area (Å²) >= 11 is 10.3. The summed E-state index contributed by atoms with van der Waals surface area (Å²) < 4.78 is 8.25. The molecular formula is C10H11Br3O2. The van der Waals surface area contributed by atoms with Crippen molar-refractivity contribution >= 4 is 47.8 Å². The lowest BCUT2D eigenvalue weighted by Gasteiger charge is -2.14. The fourth-order valence-corrected chi connectivity index (χ4v) is 3.35. The van der Waals surface area contributed by atoms with Gasteiger partial charge < -0.3 is 9.84 Å². The summed E-state index contributed by atoms with van der Waals surface area (Å²) in [5.74, 6) is 0.719. The first-order chi connectivity index (χ1) is 6.93. The van der Waals surface area contributed by atoms with E-state index >= 15 is 0 Å². The Kier molecular flexibility index (Phi) is 5.09. The topological polar surface area (TPSA) is 29.5 Å². The normalized spacial score (nSPS) is 12.7. The third-order valence-electron chi connectivity index (χ3n) is 1.83. The summed E-state index contributed by atoms with van der Waals surface area (Å²) in [5, 5.41) is 9.15. The van der Waals surface area contributed by atoms with Gasteiger partial charge in [0, 0.05) is 4.47 Å². The number of aliphatic hydroxyl groups is 1. The van der Waals surface area contributed by atoms with Crippen LogP contribution in [0.1, 0.15) is 12.5 Å². The van der Waals surface area contributed by atoms with E-state index in [0.717, 1.165) is 24.7 Å². The Labute approximate surface area is 114 Å². The zero-order valence-corrected chi connectivity index (χ0v) is 13.1. The second kappa shape index (κ2) is 5.66. The van der Waals surface area contributed by atoms with Crippen molar-refractivity contribution in [3.63, 3.8) is 0 Å². The molecule has 1 unspecified atom stereocenters. The van der Waals surface area contributed by atoms with Crippen LogP contribution in [-0.2, 0) is 0 Å². The summed E-state index contributed by atoms with van der Waals surface area (Å²) in [6.07, 6.45) is -0.479. The van der Waals surface area contributed by atoms with E-state index in [4.69, 9.17) is 9.84 Å². The molecule has 0 heterocycles. The zero-order valence-electron chi connectivity index (χ0n) is 8.35. The number of benzene rings is 1. The van der Waals surface area contributed by atoms with E-state index < -0.39 is 6.10 Å². The number of aliphatic hydroxyl groups excluding tert-OH is 1. The molecule has 0 bridgehead atoms. The summed E-state index contributed by atoms with van der Waals surface area (Å²) in [4.78, 5) is 0. The molecule has 1 N–H and O–H groups in total. The minimum Gasteiger partial charge on any atom is -0.489 e. The van der Waals surface area contributed by atoms with Gasteiger partial charge in [-0.2, -0.15) is 0 Å². The van der Waals surface area contributed by atoms with E-state index in [9.17, 15) is 0 Å². The van der Waals surface area contributed by atoms with Crippen LogP contribution < -0.4 is 4.74 Å². The SMILES string of the molecule is Cc1c(Br)cc(Br)c(OCC(C)O)c1Br. The van der Waals surface area contributed by atoms with Gasteiger partial charge in [-0.05, 0) is 57.3 Å². The Morgan fingerprint density at radius 3 is 2.47 bits per heavy atom. The molecule has 0 aliphatic carbocycles. The fraction of sp³-hybridized carbons (Fsp3) is 0.400. The Morgan fingerprint density at radius 2 is 1.93 bits per heavy atom. The van der Waals surface area contributed by atoms with Crippen LogP contribution in [0.4, 0.5) is 0 Å². The van der Waals surface area contributed by atoms with Crippen molar-refractivity contribution < 1.29 is 9.84 Å². The fourth-order valence-electron chi connectivity index (χ4n) is 1.00. The van der Waals surface area contributed by atoms with Crippen LogP contribution in [0.5, 0.6) is 5.75 Å². The maximum Gasteiger partial charge on any atom is 0.148 e. The molecule has 0 saturated carbocycles. The lowest BCUT2D eigenvalue weighted by Crippen LogP contribution is -2.13. The first-order valence-corrected chi connectivity index (χ1v) is 6.76. The van der Waals surface area contributed by atoms with E-state index in [2.05, 4.69) is 47.8 Å². The van der Waals surface area contributed by atoms with Crippen LogP contribution in [-0.4, -0.2) is 17.8 Å². The predicted octanol–water partition coefficient (Wildman–Crippen LogP) is 4.04. The van der Waals surface area contributed by atoms with Gasteiger partial charge in [0.2, 0.25) is 0 Å². The van der Waals surface area contributed by atoms with Gasteiger partial charge in [0.15, 0.2) is 0 Å². The molecule has 84 valence electrons. The molecule has 0 aliphatic rings. The average Bonchev–Trinajstić information content (AvgIpc) is 2.14. The third-order valence-corrected chi connectivity index (χ3v) is 4.19. The van der Waals surface area contributed by atoms with Crippen molar-refractivity contribution in [3.05, 3.63) is 25.0 Å². The molecule has 5 heteroatoms. The molecule has 1 rings (SSSR count). The molecule has 1 atom stereocenters. The second-order valence-electron chi connectivity index (χ2n) is 3.27. The first-order valence-electron chi connectivity index (χ1n) is 4.38. The van der Waals surface area contributed by atoms with Crippen molar-refractivity contribution in [2.75, 3.05) is 6.61 Å². The number of halogens is 3. The van der Waals surface area contributed by atoms with E-state index in [-0.39, 0.29) is 6.61 Å². The molecule has 1 aromatic rings. The molecule has 1 aromatic carbocycles. The molecule has 15 heavy (non-hydrogen) atoms. The summed E-state index contributed by atoms with van der Waals surface area (Å²) in [6.45, 7) is 3.95. The highest BCUT2D eigenvalue weighted by atomic mass is 79.9. The lowest BCUT2D eigenvalue weighted by molar-refractivity contribution is 0.122. The van der Waals surface area contributed by atoms with Gasteiger partial charge in [-0.3, -0.25) is 0 Å². The Morgan fingerprint density at radius 1 is 1.33 bits per heavy atom. The summed E-state index contributed by atoms with van der Waals surface area (Å²) in [6, 6.07) is 1.93. The highest BCUT2D eigenvalue weighted by Crippen LogP contribution is 2.39. The summed E-state index contributed by atoms with van der Waals surface area (Å²) in [5.41, 5.74) is 1.07.